The summed E-state index contributed by atoms with van der Waals surface area (Å²) in [7, 11) is 0. The van der Waals surface area contributed by atoms with Crippen molar-refractivity contribution in [1.82, 2.24) is 24.8 Å². The van der Waals surface area contributed by atoms with Crippen molar-refractivity contribution in [1.29, 1.82) is 0 Å². The van der Waals surface area contributed by atoms with Crippen LogP contribution in [-0.2, 0) is 19.5 Å². The van der Waals surface area contributed by atoms with Gasteiger partial charge in [0.05, 0.1) is 5.69 Å². The Morgan fingerprint density at radius 2 is 1.58 bits per heavy atom. The number of fused-ring (bicyclic) bond motifs is 1. The molecular formula is C25H24N6. The van der Waals surface area contributed by atoms with Crippen LogP contribution < -0.4 is 5.73 Å². The maximum atomic E-state index is 5.79. The molecule has 0 saturated heterocycles. The van der Waals surface area contributed by atoms with E-state index in [2.05, 4.69) is 21.8 Å². The monoisotopic (exact) mass is 408 g/mol. The van der Waals surface area contributed by atoms with E-state index < -0.39 is 0 Å². The number of nitrogens with two attached hydrogens (primary N) is 1. The number of anilines is 1. The number of nitrogen functional groups attached to an aromatic ring is 1. The van der Waals surface area contributed by atoms with E-state index in [-0.39, 0.29) is 0 Å². The first-order valence-electron chi connectivity index (χ1n) is 10.5. The molecule has 5 rings (SSSR count). The number of benzene rings is 2. The molecule has 0 amide bonds. The van der Waals surface area contributed by atoms with Gasteiger partial charge in [0.25, 0.3) is 0 Å². The van der Waals surface area contributed by atoms with Crippen molar-refractivity contribution in [2.45, 2.75) is 26.4 Å². The standard InChI is InChI=1S/C25H24N6/c1-17-20(13-27-24(29-17)18-5-3-2-4-6-18)15-31-12-11-23-21(16-31)14-28-25(30-23)19-7-9-22(26)10-8-19/h2-10,13-14H,11-12,15-16,26H2,1H3. The summed E-state index contributed by atoms with van der Waals surface area (Å²) in [6.07, 6.45) is 4.82. The molecule has 0 saturated carbocycles. The molecule has 6 nitrogen and oxygen atoms in total. The molecule has 0 atom stereocenters. The average Bonchev–Trinajstić information content (AvgIpc) is 2.81. The third kappa shape index (κ3) is 4.15. The number of aryl methyl sites for hydroxylation is 1. The minimum absolute atomic E-state index is 0.744. The van der Waals surface area contributed by atoms with Gasteiger partial charge in [0, 0.05) is 72.1 Å². The Hall–Kier alpha value is -3.64. The highest BCUT2D eigenvalue weighted by molar-refractivity contribution is 5.59. The molecule has 0 spiro atoms. The van der Waals surface area contributed by atoms with Gasteiger partial charge in [0.2, 0.25) is 0 Å². The molecule has 3 heterocycles. The Morgan fingerprint density at radius 1 is 0.871 bits per heavy atom. The Bertz CT molecular complexity index is 1200. The summed E-state index contributed by atoms with van der Waals surface area (Å²) < 4.78 is 0. The van der Waals surface area contributed by atoms with E-state index in [1.165, 1.54) is 5.56 Å². The first-order chi connectivity index (χ1) is 15.2. The van der Waals surface area contributed by atoms with Crippen LogP contribution in [0.2, 0.25) is 0 Å². The average molecular weight is 409 g/mol. The van der Waals surface area contributed by atoms with Gasteiger partial charge >= 0.3 is 0 Å². The van der Waals surface area contributed by atoms with Crippen LogP contribution in [0, 0.1) is 6.92 Å². The normalized spacial score (nSPS) is 13.7. The van der Waals surface area contributed by atoms with Gasteiger partial charge in [-0.05, 0) is 31.2 Å². The molecule has 6 heteroatoms. The molecule has 2 aromatic heterocycles. The molecule has 0 unspecified atom stereocenters. The summed E-state index contributed by atoms with van der Waals surface area (Å²) >= 11 is 0. The zero-order valence-electron chi connectivity index (χ0n) is 17.5. The maximum Gasteiger partial charge on any atom is 0.159 e. The lowest BCUT2D eigenvalue weighted by atomic mass is 10.1. The van der Waals surface area contributed by atoms with Crippen molar-refractivity contribution >= 4 is 5.69 Å². The van der Waals surface area contributed by atoms with Crippen molar-refractivity contribution in [2.75, 3.05) is 12.3 Å². The molecular weight excluding hydrogens is 384 g/mol. The summed E-state index contributed by atoms with van der Waals surface area (Å²) in [6, 6.07) is 17.8. The van der Waals surface area contributed by atoms with Gasteiger partial charge in [-0.1, -0.05) is 30.3 Å². The Labute approximate surface area is 181 Å². The minimum Gasteiger partial charge on any atom is -0.399 e. The molecule has 0 radical (unpaired) electrons. The first kappa shape index (κ1) is 19.3. The van der Waals surface area contributed by atoms with Gasteiger partial charge in [0.15, 0.2) is 11.6 Å². The maximum absolute atomic E-state index is 5.79. The summed E-state index contributed by atoms with van der Waals surface area (Å²) in [4.78, 5) is 21.1. The van der Waals surface area contributed by atoms with Crippen molar-refractivity contribution in [3.05, 3.63) is 89.5 Å². The van der Waals surface area contributed by atoms with Crippen LogP contribution in [0.5, 0.6) is 0 Å². The SMILES string of the molecule is Cc1nc(-c2ccccc2)ncc1CN1CCc2nc(-c3ccc(N)cc3)ncc2C1. The van der Waals surface area contributed by atoms with Gasteiger partial charge in [-0.3, -0.25) is 4.90 Å². The van der Waals surface area contributed by atoms with Gasteiger partial charge in [-0.25, -0.2) is 19.9 Å². The Kier molecular flexibility index (Phi) is 5.14. The molecule has 2 N–H and O–H groups in total. The zero-order chi connectivity index (χ0) is 21.2. The predicted molar refractivity (Wildman–Crippen MR) is 122 cm³/mol. The van der Waals surface area contributed by atoms with Crippen molar-refractivity contribution < 1.29 is 0 Å². The van der Waals surface area contributed by atoms with E-state index >= 15 is 0 Å². The van der Waals surface area contributed by atoms with Crippen LogP contribution in [0.4, 0.5) is 5.69 Å². The van der Waals surface area contributed by atoms with E-state index in [1.807, 2.05) is 67.0 Å². The van der Waals surface area contributed by atoms with Crippen LogP contribution in [0.25, 0.3) is 22.8 Å². The number of rotatable bonds is 4. The number of nitrogens with zero attached hydrogens (tertiary/aromatic N) is 5. The summed E-state index contributed by atoms with van der Waals surface area (Å²) in [6.45, 7) is 4.66. The quantitative estimate of drug-likeness (QED) is 0.513. The largest absolute Gasteiger partial charge is 0.399 e. The highest BCUT2D eigenvalue weighted by Crippen LogP contribution is 2.23. The van der Waals surface area contributed by atoms with E-state index in [1.54, 1.807) is 0 Å². The minimum atomic E-state index is 0.744. The zero-order valence-corrected chi connectivity index (χ0v) is 17.5. The third-order valence-corrected chi connectivity index (χ3v) is 5.69. The van der Waals surface area contributed by atoms with Gasteiger partial charge in [-0.2, -0.15) is 0 Å². The van der Waals surface area contributed by atoms with Crippen LogP contribution in [0.15, 0.2) is 67.0 Å². The highest BCUT2D eigenvalue weighted by Gasteiger charge is 2.20. The van der Waals surface area contributed by atoms with Crippen molar-refractivity contribution in [3.8, 4) is 22.8 Å². The lowest BCUT2D eigenvalue weighted by Gasteiger charge is -2.28. The molecule has 0 aliphatic carbocycles. The van der Waals surface area contributed by atoms with E-state index in [9.17, 15) is 0 Å². The molecule has 154 valence electrons. The second-order valence-corrected chi connectivity index (χ2v) is 7.92. The topological polar surface area (TPSA) is 80.8 Å². The summed E-state index contributed by atoms with van der Waals surface area (Å²) in [5.41, 5.74) is 13.1. The summed E-state index contributed by atoms with van der Waals surface area (Å²) in [5, 5.41) is 0. The van der Waals surface area contributed by atoms with E-state index in [4.69, 9.17) is 15.7 Å². The molecule has 1 aliphatic rings. The summed E-state index contributed by atoms with van der Waals surface area (Å²) in [5.74, 6) is 1.53. The fourth-order valence-electron chi connectivity index (χ4n) is 3.90. The molecule has 1 aliphatic heterocycles. The van der Waals surface area contributed by atoms with Crippen molar-refractivity contribution in [2.24, 2.45) is 0 Å². The first-order valence-corrected chi connectivity index (χ1v) is 10.5. The van der Waals surface area contributed by atoms with Gasteiger partial charge < -0.3 is 5.73 Å². The highest BCUT2D eigenvalue weighted by atomic mass is 15.1. The second kappa shape index (κ2) is 8.24. The van der Waals surface area contributed by atoms with Crippen LogP contribution in [0.1, 0.15) is 22.5 Å². The molecule has 4 aromatic rings. The van der Waals surface area contributed by atoms with Crippen LogP contribution in [0.3, 0.4) is 0 Å². The molecule has 0 bridgehead atoms. The Balaban J connectivity index is 1.30. The number of aromatic nitrogens is 4. The third-order valence-electron chi connectivity index (χ3n) is 5.69. The van der Waals surface area contributed by atoms with Crippen molar-refractivity contribution in [3.63, 3.8) is 0 Å². The molecule has 2 aromatic carbocycles. The van der Waals surface area contributed by atoms with E-state index in [0.717, 1.165) is 71.5 Å². The molecule has 0 fully saturated rings. The fourth-order valence-corrected chi connectivity index (χ4v) is 3.90. The van der Waals surface area contributed by atoms with Gasteiger partial charge in [0.1, 0.15) is 0 Å². The van der Waals surface area contributed by atoms with E-state index in [0.29, 0.717) is 0 Å². The number of hydrogen-bond donors (Lipinski definition) is 1. The lowest BCUT2D eigenvalue weighted by Crippen LogP contribution is -2.31. The van der Waals surface area contributed by atoms with Crippen LogP contribution in [-0.4, -0.2) is 31.4 Å². The predicted octanol–water partition coefficient (Wildman–Crippen LogP) is 4.05. The Morgan fingerprint density at radius 3 is 2.35 bits per heavy atom. The lowest BCUT2D eigenvalue weighted by molar-refractivity contribution is 0.242. The molecule has 31 heavy (non-hydrogen) atoms. The smallest absolute Gasteiger partial charge is 0.159 e. The van der Waals surface area contributed by atoms with Gasteiger partial charge in [-0.15, -0.1) is 0 Å². The fraction of sp³-hybridized carbons (Fsp3) is 0.200. The second-order valence-electron chi connectivity index (χ2n) is 7.92. The van der Waals surface area contributed by atoms with Crippen LogP contribution >= 0.6 is 0 Å². The number of hydrogen-bond acceptors (Lipinski definition) is 6.